The average molecular weight is 910 g/mol. The van der Waals surface area contributed by atoms with E-state index in [0.29, 0.717) is 48.1 Å². The Morgan fingerprint density at radius 3 is 2.34 bits per heavy atom. The largest absolute Gasteiger partial charge is 0.468 e. The number of carbonyl (C=O) groups is 3. The number of hydrogen-bond donors (Lipinski definition) is 2. The average Bonchev–Trinajstić information content (AvgIpc) is 3.88. The van der Waals surface area contributed by atoms with Crippen molar-refractivity contribution >= 4 is 46.5 Å². The first-order chi connectivity index (χ1) is 30.1. The van der Waals surface area contributed by atoms with Gasteiger partial charge in [-0.3, -0.25) is 15.3 Å². The van der Waals surface area contributed by atoms with Gasteiger partial charge in [0, 0.05) is 50.7 Å². The number of nitrogens with one attached hydrogen (secondary N) is 1. The van der Waals surface area contributed by atoms with Crippen molar-refractivity contribution in [2.75, 3.05) is 45.7 Å². The highest BCUT2D eigenvalue weighted by molar-refractivity contribution is 6.30. The lowest BCUT2D eigenvalue weighted by molar-refractivity contribution is -0.171. The molecule has 1 saturated heterocycles. The number of methoxy groups -OCH3 is 1. The summed E-state index contributed by atoms with van der Waals surface area (Å²) in [5.41, 5.74) is 6.12. The van der Waals surface area contributed by atoms with Crippen LogP contribution in [0.15, 0.2) is 61.1 Å². The second-order valence-electron chi connectivity index (χ2n) is 18.5. The number of halogens is 2. The summed E-state index contributed by atoms with van der Waals surface area (Å²) in [4.78, 5) is 52.8. The number of carbonyl (C=O) groups excluding carboxylic acids is 3. The minimum atomic E-state index is -1.34. The molecule has 1 unspecified atom stereocenters. The summed E-state index contributed by atoms with van der Waals surface area (Å²) in [5.74, 6) is -3.49. The van der Waals surface area contributed by atoms with Gasteiger partial charge in [0.1, 0.15) is 40.8 Å². The van der Waals surface area contributed by atoms with Gasteiger partial charge in [0.15, 0.2) is 17.5 Å². The van der Waals surface area contributed by atoms with Crippen molar-refractivity contribution in [2.45, 2.75) is 110 Å². The highest BCUT2D eigenvalue weighted by Crippen LogP contribution is 2.47. The van der Waals surface area contributed by atoms with Crippen LogP contribution in [-0.2, 0) is 39.8 Å². The van der Waals surface area contributed by atoms with Gasteiger partial charge in [-0.2, -0.15) is 0 Å². The van der Waals surface area contributed by atoms with Gasteiger partial charge < -0.3 is 48.1 Å². The summed E-state index contributed by atoms with van der Waals surface area (Å²) in [6.07, 6.45) is 3.26. The lowest BCUT2D eigenvalue weighted by Gasteiger charge is -2.31. The van der Waals surface area contributed by atoms with Gasteiger partial charge in [-0.05, 0) is 122 Å². The quantitative estimate of drug-likeness (QED) is 0.0598. The van der Waals surface area contributed by atoms with Crippen molar-refractivity contribution in [3.8, 4) is 11.5 Å². The zero-order chi connectivity index (χ0) is 46.6. The highest BCUT2D eigenvalue weighted by Gasteiger charge is 2.55. The Morgan fingerprint density at radius 1 is 0.984 bits per heavy atom. The van der Waals surface area contributed by atoms with Crippen molar-refractivity contribution in [1.82, 2.24) is 24.3 Å². The molecule has 2 aliphatic rings. The Kier molecular flexibility index (Phi) is 15.1. The van der Waals surface area contributed by atoms with Gasteiger partial charge in [0.05, 0.1) is 24.6 Å². The molecule has 4 aromatic rings. The molecule has 2 aromatic heterocycles. The van der Waals surface area contributed by atoms with E-state index in [-0.39, 0.29) is 43.8 Å². The third-order valence-corrected chi connectivity index (χ3v) is 11.2. The molecular weight excluding hydrogens is 849 g/mol. The Labute approximate surface area is 378 Å². The number of hydrogen-bond acceptors (Lipinski definition) is 14. The van der Waals surface area contributed by atoms with Crippen molar-refractivity contribution in [3.63, 3.8) is 0 Å². The monoisotopic (exact) mass is 909 g/mol. The number of nitrogens with zero attached hydrogens (tertiary/aromatic N) is 5. The third-order valence-electron chi connectivity index (χ3n) is 10.9. The van der Waals surface area contributed by atoms with E-state index in [9.17, 15) is 14.4 Å². The van der Waals surface area contributed by atoms with E-state index in [1.165, 1.54) is 30.5 Å². The van der Waals surface area contributed by atoms with Crippen LogP contribution >= 0.6 is 11.6 Å². The molecule has 0 radical (unpaired) electrons. The van der Waals surface area contributed by atoms with E-state index in [0.717, 1.165) is 11.0 Å². The van der Waals surface area contributed by atoms with Gasteiger partial charge in [0.25, 0.3) is 0 Å². The van der Waals surface area contributed by atoms with E-state index in [1.54, 1.807) is 85.8 Å². The molecule has 348 valence electrons. The molecule has 3 N–H and O–H groups in total. The number of fused-ring (bicyclic) bond motifs is 2. The van der Waals surface area contributed by atoms with Crippen LogP contribution < -0.4 is 15.8 Å². The molecule has 16 nitrogen and oxygen atoms in total. The molecule has 6 atom stereocenters. The molecule has 2 fully saturated rings. The molecular formula is C46H61ClFN7O9. The van der Waals surface area contributed by atoms with Gasteiger partial charge in [0.2, 0.25) is 5.91 Å². The second kappa shape index (κ2) is 20.0. The first-order valence-electron chi connectivity index (χ1n) is 21.5. The van der Waals surface area contributed by atoms with Crippen LogP contribution in [0.4, 0.5) is 15.0 Å². The number of nitrogens with two attached hydrogens (primary N) is 1. The SMILES string of the molecule is CNc1ncnc2c1ccn2[C@@H]1C[C@H](CN(CCCN(Cc2ccc(Oc3ccc(Cl)cc3)c(F)c2)C(=O)OC(C)(C)C)CC[C@@H](C(=O)OC)C(=O)OC(C)(C)C)[C@H]2OC(C)(N)O[C@H]21. The first kappa shape index (κ1) is 48.4. The lowest BCUT2D eigenvalue weighted by Crippen LogP contribution is -2.42. The Bertz CT molecular complexity index is 2260. The zero-order valence-electron chi connectivity index (χ0n) is 38.1. The molecule has 1 amide bonds. The fourth-order valence-corrected chi connectivity index (χ4v) is 8.36. The van der Waals surface area contributed by atoms with Crippen LogP contribution in [-0.4, -0.2) is 112 Å². The Hall–Kier alpha value is -5.07. The maximum atomic E-state index is 15.4. The number of amides is 1. The minimum Gasteiger partial charge on any atom is -0.468 e. The molecule has 0 bridgehead atoms. The minimum absolute atomic E-state index is 0.0195. The topological polar surface area (TPSA) is 182 Å². The number of benzene rings is 2. The predicted octanol–water partition coefficient (Wildman–Crippen LogP) is 7.69. The van der Waals surface area contributed by atoms with E-state index >= 15 is 4.39 Å². The normalized spacial score (nSPS) is 21.4. The molecule has 64 heavy (non-hydrogen) atoms. The van der Waals surface area contributed by atoms with Crippen molar-refractivity contribution in [3.05, 3.63) is 77.5 Å². The Morgan fingerprint density at radius 2 is 1.69 bits per heavy atom. The Balaban J connectivity index is 1.24. The summed E-state index contributed by atoms with van der Waals surface area (Å²) < 4.78 is 52.5. The van der Waals surface area contributed by atoms with Gasteiger partial charge in [-0.25, -0.2) is 19.2 Å². The number of rotatable bonds is 17. The molecule has 0 spiro atoms. The molecule has 3 heterocycles. The molecule has 1 aliphatic heterocycles. The van der Waals surface area contributed by atoms with Crippen molar-refractivity contribution < 1.29 is 47.2 Å². The molecule has 18 heteroatoms. The van der Waals surface area contributed by atoms with Gasteiger partial charge >= 0.3 is 18.0 Å². The predicted molar refractivity (Wildman–Crippen MR) is 238 cm³/mol. The first-order valence-corrected chi connectivity index (χ1v) is 21.9. The second-order valence-corrected chi connectivity index (χ2v) is 18.9. The maximum Gasteiger partial charge on any atom is 0.410 e. The summed E-state index contributed by atoms with van der Waals surface area (Å²) in [6.45, 7) is 13.7. The van der Waals surface area contributed by atoms with E-state index < -0.39 is 59.1 Å². The number of esters is 2. The number of aromatic nitrogens is 3. The number of ether oxygens (including phenoxy) is 6. The van der Waals surface area contributed by atoms with Crippen LogP contribution in [0.5, 0.6) is 11.5 Å². The molecule has 1 saturated carbocycles. The molecule has 2 aromatic carbocycles. The summed E-state index contributed by atoms with van der Waals surface area (Å²) in [6, 6.07) is 12.9. The standard InChI is InChI=1S/C46H61ClFN7O9/c1-44(2,3)63-42(57)33(41(56)59-9)17-21-53(26-29-24-35(38-37(29)61-46(7,49)62-38)55-22-18-32-39(50-8)51-27-52-40(32)55)19-10-20-54(43(58)64-45(4,5)6)25-28-11-16-36(34(48)23-28)60-31-14-12-30(47)13-15-31/h11-16,18,22-23,27,29,33,35,37-38H,10,17,19-21,24-26,49H2,1-9H3,(H,50,51,52)/t29-,33+,35-,37-,38+,46?/m1/s1. The highest BCUT2D eigenvalue weighted by atomic mass is 35.5. The van der Waals surface area contributed by atoms with Crippen LogP contribution in [0.3, 0.4) is 0 Å². The fraction of sp³-hybridized carbons (Fsp3) is 0.543. The smallest absolute Gasteiger partial charge is 0.410 e. The van der Waals surface area contributed by atoms with Crippen molar-refractivity contribution in [2.24, 2.45) is 17.6 Å². The van der Waals surface area contributed by atoms with Crippen LogP contribution in [0, 0.1) is 17.7 Å². The van der Waals surface area contributed by atoms with E-state index in [2.05, 4.69) is 24.8 Å². The van der Waals surface area contributed by atoms with E-state index in [1.807, 2.05) is 12.3 Å². The summed E-state index contributed by atoms with van der Waals surface area (Å²) in [7, 11) is 3.05. The van der Waals surface area contributed by atoms with Gasteiger partial charge in [-0.1, -0.05) is 17.7 Å². The molecule has 1 aliphatic carbocycles. The summed E-state index contributed by atoms with van der Waals surface area (Å²) >= 11 is 5.99. The van der Waals surface area contributed by atoms with Gasteiger partial charge in [-0.15, -0.1) is 0 Å². The number of anilines is 1. The third kappa shape index (κ3) is 12.4. The molecule has 6 rings (SSSR count). The van der Waals surface area contributed by atoms with Crippen LogP contribution in [0.25, 0.3) is 11.0 Å². The van der Waals surface area contributed by atoms with E-state index in [4.69, 9.17) is 45.8 Å². The van der Waals surface area contributed by atoms with Crippen LogP contribution in [0.1, 0.15) is 79.3 Å². The fourth-order valence-electron chi connectivity index (χ4n) is 8.24. The van der Waals surface area contributed by atoms with Crippen molar-refractivity contribution in [1.29, 1.82) is 0 Å². The lowest BCUT2D eigenvalue weighted by atomic mass is 10.0. The summed E-state index contributed by atoms with van der Waals surface area (Å²) in [5, 5.41) is 4.51. The van der Waals surface area contributed by atoms with Crippen LogP contribution in [0.2, 0.25) is 5.02 Å². The zero-order valence-corrected chi connectivity index (χ0v) is 38.8. The maximum absolute atomic E-state index is 15.4.